The molecule has 0 bridgehead atoms. The first kappa shape index (κ1) is 20.6. The first-order chi connectivity index (χ1) is 13.5. The van der Waals surface area contributed by atoms with Gasteiger partial charge >= 0.3 is 0 Å². The van der Waals surface area contributed by atoms with Crippen LogP contribution in [0.1, 0.15) is 31.0 Å². The molecule has 144 valence electrons. The summed E-state index contributed by atoms with van der Waals surface area (Å²) in [6.45, 7) is 12.1. The number of benzene rings is 2. The molecule has 3 atom stereocenters. The number of amides is 1. The summed E-state index contributed by atoms with van der Waals surface area (Å²) in [5, 5.41) is 0. The molecule has 5 heteroatoms. The van der Waals surface area contributed by atoms with E-state index in [0.717, 1.165) is 16.9 Å². The lowest BCUT2D eigenvalue weighted by Crippen LogP contribution is -2.46. The highest BCUT2D eigenvalue weighted by molar-refractivity contribution is 8.23. The Morgan fingerprint density at radius 3 is 2.36 bits per heavy atom. The van der Waals surface area contributed by atoms with Crippen molar-refractivity contribution in [2.45, 2.75) is 32.4 Å². The molecule has 2 aromatic rings. The summed E-state index contributed by atoms with van der Waals surface area (Å²) < 4.78 is 0.638. The maximum Gasteiger partial charge on any atom is 0.260 e. The second-order valence-electron chi connectivity index (χ2n) is 7.38. The molecular formula is C23H24N2OS2. The van der Waals surface area contributed by atoms with Gasteiger partial charge in [0, 0.05) is 17.4 Å². The van der Waals surface area contributed by atoms with Crippen LogP contribution in [-0.2, 0) is 11.2 Å². The van der Waals surface area contributed by atoms with E-state index in [1.54, 1.807) is 16.7 Å². The van der Waals surface area contributed by atoms with Crippen LogP contribution in [0.3, 0.4) is 0 Å². The molecule has 0 N–H and O–H groups in total. The molecule has 3 rings (SSSR count). The third-order valence-corrected chi connectivity index (χ3v) is 6.69. The molecule has 3 nitrogen and oxygen atoms in total. The summed E-state index contributed by atoms with van der Waals surface area (Å²) in [5.74, 6) is 0.647. The van der Waals surface area contributed by atoms with Gasteiger partial charge in [-0.05, 0) is 17.9 Å². The van der Waals surface area contributed by atoms with E-state index >= 15 is 0 Å². The van der Waals surface area contributed by atoms with Crippen molar-refractivity contribution in [2.75, 3.05) is 5.75 Å². The summed E-state index contributed by atoms with van der Waals surface area (Å²) in [6.07, 6.45) is 0.524. The normalized spacial score (nSPS) is 18.7. The van der Waals surface area contributed by atoms with Crippen molar-refractivity contribution < 1.29 is 4.79 Å². The van der Waals surface area contributed by atoms with Gasteiger partial charge in [0.25, 0.3) is 6.04 Å². The maximum absolute atomic E-state index is 13.7. The number of carbonyl (C=O) groups is 1. The quantitative estimate of drug-likeness (QED) is 0.473. The number of hydrogen-bond donors (Lipinski definition) is 0. The van der Waals surface area contributed by atoms with Crippen molar-refractivity contribution in [1.29, 1.82) is 0 Å². The predicted octanol–water partition coefficient (Wildman–Crippen LogP) is 5.39. The Kier molecular flexibility index (Phi) is 6.88. The summed E-state index contributed by atoms with van der Waals surface area (Å²) in [4.78, 5) is 19.4. The van der Waals surface area contributed by atoms with Gasteiger partial charge < -0.3 is 4.85 Å². The SMILES string of the molecule is [C-]#[N+][C@@H](c1ccccc1)[C@@H](Cc1ccccc1)C(=O)N1C(=S)SC[C@@H]1C(C)C. The fourth-order valence-corrected chi connectivity index (χ4v) is 5.25. The average molecular weight is 409 g/mol. The predicted molar refractivity (Wildman–Crippen MR) is 120 cm³/mol. The zero-order valence-corrected chi connectivity index (χ0v) is 17.7. The number of rotatable bonds is 6. The van der Waals surface area contributed by atoms with Crippen LogP contribution in [0.2, 0.25) is 0 Å². The highest BCUT2D eigenvalue weighted by Crippen LogP contribution is 2.36. The van der Waals surface area contributed by atoms with Gasteiger partial charge in [-0.2, -0.15) is 0 Å². The van der Waals surface area contributed by atoms with Crippen molar-refractivity contribution in [3.63, 3.8) is 0 Å². The molecule has 2 aromatic carbocycles. The Bertz CT molecular complexity index is 861. The monoisotopic (exact) mass is 408 g/mol. The van der Waals surface area contributed by atoms with Crippen LogP contribution in [0.25, 0.3) is 4.85 Å². The summed E-state index contributed by atoms with van der Waals surface area (Å²) >= 11 is 7.09. The Labute approximate surface area is 177 Å². The molecule has 0 spiro atoms. The molecule has 0 aromatic heterocycles. The van der Waals surface area contributed by atoms with Crippen molar-refractivity contribution in [3.8, 4) is 0 Å². The second-order valence-corrected chi connectivity index (χ2v) is 9.03. The van der Waals surface area contributed by atoms with Crippen molar-refractivity contribution in [2.24, 2.45) is 11.8 Å². The van der Waals surface area contributed by atoms with Gasteiger partial charge in [-0.25, -0.2) is 6.57 Å². The van der Waals surface area contributed by atoms with Gasteiger partial charge in [0.2, 0.25) is 5.91 Å². The van der Waals surface area contributed by atoms with Gasteiger partial charge in [0.05, 0.1) is 0 Å². The van der Waals surface area contributed by atoms with E-state index in [1.165, 1.54) is 0 Å². The number of carbonyl (C=O) groups excluding carboxylic acids is 1. The highest BCUT2D eigenvalue weighted by atomic mass is 32.2. The molecule has 1 amide bonds. The lowest BCUT2D eigenvalue weighted by Gasteiger charge is -2.30. The van der Waals surface area contributed by atoms with Gasteiger partial charge in [-0.3, -0.25) is 9.69 Å². The maximum atomic E-state index is 13.7. The Morgan fingerprint density at radius 1 is 1.18 bits per heavy atom. The van der Waals surface area contributed by atoms with Crippen LogP contribution in [0.15, 0.2) is 60.7 Å². The molecule has 1 fully saturated rings. The molecule has 1 saturated heterocycles. The Balaban J connectivity index is 1.99. The molecule has 1 aliphatic heterocycles. The number of nitrogens with zero attached hydrogens (tertiary/aromatic N) is 2. The minimum absolute atomic E-state index is 0.0255. The third kappa shape index (κ3) is 4.45. The van der Waals surface area contributed by atoms with Gasteiger partial charge in [0.15, 0.2) is 0 Å². The smallest absolute Gasteiger partial charge is 0.260 e. The zero-order valence-electron chi connectivity index (χ0n) is 16.1. The summed E-state index contributed by atoms with van der Waals surface area (Å²) in [6, 6.07) is 19.1. The van der Waals surface area contributed by atoms with Crippen LogP contribution in [0, 0.1) is 18.4 Å². The second kappa shape index (κ2) is 9.36. The lowest BCUT2D eigenvalue weighted by molar-refractivity contribution is -0.133. The number of thiocarbonyl (C=S) groups is 1. The van der Waals surface area contributed by atoms with E-state index < -0.39 is 12.0 Å². The van der Waals surface area contributed by atoms with E-state index in [9.17, 15) is 4.79 Å². The van der Waals surface area contributed by atoms with E-state index in [0.29, 0.717) is 16.7 Å². The van der Waals surface area contributed by atoms with E-state index in [-0.39, 0.29) is 11.9 Å². The van der Waals surface area contributed by atoms with E-state index in [2.05, 4.69) is 18.7 Å². The molecule has 0 unspecified atom stereocenters. The fourth-order valence-electron chi connectivity index (χ4n) is 3.61. The van der Waals surface area contributed by atoms with Crippen LogP contribution in [0.5, 0.6) is 0 Å². The molecule has 0 saturated carbocycles. The van der Waals surface area contributed by atoms with Crippen LogP contribution in [-0.4, -0.2) is 26.9 Å². The van der Waals surface area contributed by atoms with Gasteiger partial charge in [-0.15, -0.1) is 0 Å². The lowest BCUT2D eigenvalue weighted by atomic mass is 9.86. The van der Waals surface area contributed by atoms with E-state index in [1.807, 2.05) is 60.7 Å². The van der Waals surface area contributed by atoms with Crippen molar-refractivity contribution >= 4 is 34.2 Å². The summed E-state index contributed by atoms with van der Waals surface area (Å²) in [7, 11) is 0. The topological polar surface area (TPSA) is 24.7 Å². The molecule has 28 heavy (non-hydrogen) atoms. The highest BCUT2D eigenvalue weighted by Gasteiger charge is 2.43. The molecular weight excluding hydrogens is 384 g/mol. The van der Waals surface area contributed by atoms with Crippen LogP contribution >= 0.6 is 24.0 Å². The Morgan fingerprint density at radius 2 is 1.79 bits per heavy atom. The Hall–Kier alpha value is -2.16. The van der Waals surface area contributed by atoms with Gasteiger partial charge in [0.1, 0.15) is 10.2 Å². The molecule has 1 aliphatic rings. The van der Waals surface area contributed by atoms with Crippen molar-refractivity contribution in [1.82, 2.24) is 4.90 Å². The minimum atomic E-state index is -0.532. The molecule has 0 radical (unpaired) electrons. The fraction of sp³-hybridized carbons (Fsp3) is 0.348. The molecule has 0 aliphatic carbocycles. The van der Waals surface area contributed by atoms with Crippen molar-refractivity contribution in [3.05, 3.63) is 83.2 Å². The van der Waals surface area contributed by atoms with Crippen LogP contribution in [0.4, 0.5) is 0 Å². The standard InChI is InChI=1S/C23H24N2OS2/c1-16(2)20-15-28-23(27)25(20)22(26)19(14-17-10-6-4-7-11-17)21(24-3)18-12-8-5-9-13-18/h4-13,16,19-21H,14-15H2,1-2H3/t19-,20-,21+/m1/s1. The van der Waals surface area contributed by atoms with Gasteiger partial charge in [-0.1, -0.05) is 98.5 Å². The summed E-state index contributed by atoms with van der Waals surface area (Å²) in [5.41, 5.74) is 1.94. The first-order valence-corrected chi connectivity index (χ1v) is 10.9. The third-order valence-electron chi connectivity index (χ3n) is 5.19. The molecule has 1 heterocycles. The first-order valence-electron chi connectivity index (χ1n) is 9.48. The van der Waals surface area contributed by atoms with E-state index in [4.69, 9.17) is 18.8 Å². The number of hydrogen-bond acceptors (Lipinski definition) is 3. The minimum Gasteiger partial charge on any atom is -0.308 e. The van der Waals surface area contributed by atoms with Crippen LogP contribution < -0.4 is 0 Å². The largest absolute Gasteiger partial charge is 0.308 e. The zero-order chi connectivity index (χ0) is 20.1. The average Bonchev–Trinajstić information content (AvgIpc) is 3.10. The number of thioether (sulfide) groups is 1.